The SMILES string of the molecule is Cl.Cl.Nc1ncc(C(F)(F)F)c(N)n1. The number of nitrogen functional groups attached to an aromatic ring is 2. The summed E-state index contributed by atoms with van der Waals surface area (Å²) in [5.41, 5.74) is 8.89. The second-order valence-electron chi connectivity index (χ2n) is 2.02. The molecule has 1 aromatic heterocycles. The van der Waals surface area contributed by atoms with E-state index < -0.39 is 17.6 Å². The number of anilines is 2. The van der Waals surface area contributed by atoms with Gasteiger partial charge in [0.05, 0.1) is 0 Å². The van der Waals surface area contributed by atoms with Gasteiger partial charge in [0.2, 0.25) is 5.95 Å². The lowest BCUT2D eigenvalue weighted by atomic mass is 10.3. The van der Waals surface area contributed by atoms with Crippen LogP contribution in [0.5, 0.6) is 0 Å². The number of hydrogen-bond acceptors (Lipinski definition) is 4. The van der Waals surface area contributed by atoms with Crippen molar-refractivity contribution in [2.75, 3.05) is 11.5 Å². The molecule has 4 N–H and O–H groups in total. The van der Waals surface area contributed by atoms with E-state index in [1.165, 1.54) is 0 Å². The van der Waals surface area contributed by atoms with Gasteiger partial charge < -0.3 is 11.5 Å². The fourth-order valence-corrected chi connectivity index (χ4v) is 0.628. The monoisotopic (exact) mass is 250 g/mol. The molecule has 0 aliphatic rings. The van der Waals surface area contributed by atoms with Gasteiger partial charge in [-0.2, -0.15) is 18.2 Å². The number of nitrogens with zero attached hydrogens (tertiary/aromatic N) is 2. The van der Waals surface area contributed by atoms with Crippen LogP contribution >= 0.6 is 24.8 Å². The third kappa shape index (κ3) is 3.43. The first kappa shape index (κ1) is 15.5. The average Bonchev–Trinajstić information content (AvgIpc) is 1.83. The topological polar surface area (TPSA) is 77.8 Å². The van der Waals surface area contributed by atoms with Crippen molar-refractivity contribution in [3.8, 4) is 0 Å². The van der Waals surface area contributed by atoms with Crippen molar-refractivity contribution in [2.24, 2.45) is 0 Å². The minimum atomic E-state index is -4.53. The zero-order valence-corrected chi connectivity index (χ0v) is 8.21. The highest BCUT2D eigenvalue weighted by molar-refractivity contribution is 5.85. The van der Waals surface area contributed by atoms with Crippen LogP contribution in [0.2, 0.25) is 0 Å². The summed E-state index contributed by atoms with van der Waals surface area (Å²) in [5, 5.41) is 0. The van der Waals surface area contributed by atoms with Gasteiger partial charge in [0.25, 0.3) is 0 Å². The molecule has 14 heavy (non-hydrogen) atoms. The zero-order valence-electron chi connectivity index (χ0n) is 6.58. The molecule has 0 bridgehead atoms. The lowest BCUT2D eigenvalue weighted by Crippen LogP contribution is -2.12. The Morgan fingerprint density at radius 2 is 1.64 bits per heavy atom. The van der Waals surface area contributed by atoms with Crippen LogP contribution in [0.25, 0.3) is 0 Å². The quantitative estimate of drug-likeness (QED) is 0.732. The van der Waals surface area contributed by atoms with Gasteiger partial charge in [0.1, 0.15) is 11.4 Å². The maximum atomic E-state index is 12.0. The average molecular weight is 251 g/mol. The minimum Gasteiger partial charge on any atom is -0.383 e. The highest BCUT2D eigenvalue weighted by Crippen LogP contribution is 2.31. The van der Waals surface area contributed by atoms with E-state index in [0.29, 0.717) is 6.20 Å². The predicted molar refractivity (Wildman–Crippen MR) is 50.4 cm³/mol. The van der Waals surface area contributed by atoms with E-state index in [0.717, 1.165) is 0 Å². The first-order chi connectivity index (χ1) is 5.41. The van der Waals surface area contributed by atoms with Gasteiger partial charge in [-0.15, -0.1) is 24.8 Å². The van der Waals surface area contributed by atoms with Gasteiger partial charge in [0, 0.05) is 6.20 Å². The van der Waals surface area contributed by atoms with Crippen LogP contribution < -0.4 is 11.5 Å². The summed E-state index contributed by atoms with van der Waals surface area (Å²) in [7, 11) is 0. The lowest BCUT2D eigenvalue weighted by Gasteiger charge is -2.07. The van der Waals surface area contributed by atoms with E-state index in [4.69, 9.17) is 11.5 Å². The summed E-state index contributed by atoms with van der Waals surface area (Å²) in [4.78, 5) is 6.34. The largest absolute Gasteiger partial charge is 0.421 e. The van der Waals surface area contributed by atoms with E-state index in [1.54, 1.807) is 0 Å². The molecule has 0 saturated heterocycles. The Morgan fingerprint density at radius 3 is 2.00 bits per heavy atom. The molecule has 0 unspecified atom stereocenters. The third-order valence-corrected chi connectivity index (χ3v) is 1.14. The first-order valence-electron chi connectivity index (χ1n) is 2.86. The number of aromatic nitrogens is 2. The number of halogens is 5. The standard InChI is InChI=1S/C5H5F3N4.2ClH/c6-5(7,8)2-1-11-4(10)12-3(2)9;;/h1H,(H4,9,10,11,12);2*1H. The molecule has 0 radical (unpaired) electrons. The van der Waals surface area contributed by atoms with Crippen LogP contribution in [0.4, 0.5) is 24.9 Å². The van der Waals surface area contributed by atoms with Crippen molar-refractivity contribution in [1.29, 1.82) is 0 Å². The zero-order chi connectivity index (χ0) is 9.35. The maximum Gasteiger partial charge on any atom is 0.421 e. The van der Waals surface area contributed by atoms with Gasteiger partial charge >= 0.3 is 6.18 Å². The van der Waals surface area contributed by atoms with E-state index in [2.05, 4.69) is 9.97 Å². The second kappa shape index (κ2) is 5.06. The molecule has 0 atom stereocenters. The van der Waals surface area contributed by atoms with Crippen LogP contribution in [0.1, 0.15) is 5.56 Å². The van der Waals surface area contributed by atoms with Gasteiger partial charge in [-0.3, -0.25) is 0 Å². The molecule has 1 aromatic rings. The van der Waals surface area contributed by atoms with Crippen molar-refractivity contribution in [2.45, 2.75) is 6.18 Å². The molecule has 9 heteroatoms. The summed E-state index contributed by atoms with van der Waals surface area (Å²) in [6, 6.07) is 0. The molecule has 0 amide bonds. The molecular weight excluding hydrogens is 244 g/mol. The Hall–Kier alpha value is -0.950. The van der Waals surface area contributed by atoms with E-state index >= 15 is 0 Å². The van der Waals surface area contributed by atoms with Crippen molar-refractivity contribution in [3.63, 3.8) is 0 Å². The molecule has 1 heterocycles. The Labute approximate surface area is 89.7 Å². The van der Waals surface area contributed by atoms with Crippen LogP contribution in [-0.4, -0.2) is 9.97 Å². The van der Waals surface area contributed by atoms with Crippen LogP contribution in [-0.2, 0) is 6.18 Å². The van der Waals surface area contributed by atoms with Gasteiger partial charge in [-0.05, 0) is 0 Å². The Balaban J connectivity index is 0. The van der Waals surface area contributed by atoms with Gasteiger partial charge in [0.15, 0.2) is 0 Å². The van der Waals surface area contributed by atoms with E-state index in [-0.39, 0.29) is 30.8 Å². The fraction of sp³-hybridized carbons (Fsp3) is 0.200. The van der Waals surface area contributed by atoms with Crippen molar-refractivity contribution >= 4 is 36.6 Å². The predicted octanol–water partition coefficient (Wildman–Crippen LogP) is 1.50. The Kier molecular flexibility index (Phi) is 5.61. The summed E-state index contributed by atoms with van der Waals surface area (Å²) >= 11 is 0. The summed E-state index contributed by atoms with van der Waals surface area (Å²) in [6.45, 7) is 0. The highest BCUT2D eigenvalue weighted by Gasteiger charge is 2.34. The molecule has 0 saturated carbocycles. The highest BCUT2D eigenvalue weighted by atomic mass is 35.5. The maximum absolute atomic E-state index is 12.0. The minimum absolute atomic E-state index is 0. The normalized spacial score (nSPS) is 9.93. The molecule has 1 rings (SSSR count). The third-order valence-electron chi connectivity index (χ3n) is 1.14. The molecule has 0 aromatic carbocycles. The first-order valence-corrected chi connectivity index (χ1v) is 2.86. The Morgan fingerprint density at radius 1 is 1.14 bits per heavy atom. The van der Waals surface area contributed by atoms with Crippen molar-refractivity contribution < 1.29 is 13.2 Å². The lowest BCUT2D eigenvalue weighted by molar-refractivity contribution is -0.137. The van der Waals surface area contributed by atoms with Gasteiger partial charge in [-0.1, -0.05) is 0 Å². The molecule has 4 nitrogen and oxygen atoms in total. The van der Waals surface area contributed by atoms with Gasteiger partial charge in [-0.25, -0.2) is 4.98 Å². The number of nitrogens with two attached hydrogens (primary N) is 2. The van der Waals surface area contributed by atoms with Crippen LogP contribution in [0.3, 0.4) is 0 Å². The summed E-state index contributed by atoms with van der Waals surface area (Å²) < 4.78 is 35.9. The molecule has 0 aliphatic carbocycles. The fourth-order valence-electron chi connectivity index (χ4n) is 0.628. The number of hydrogen-bond donors (Lipinski definition) is 2. The van der Waals surface area contributed by atoms with Crippen molar-refractivity contribution in [1.82, 2.24) is 9.97 Å². The van der Waals surface area contributed by atoms with Crippen molar-refractivity contribution in [3.05, 3.63) is 11.8 Å². The smallest absolute Gasteiger partial charge is 0.383 e. The Bertz CT molecular complexity index is 304. The molecule has 0 aliphatic heterocycles. The van der Waals surface area contributed by atoms with E-state index in [1.807, 2.05) is 0 Å². The number of rotatable bonds is 0. The van der Waals surface area contributed by atoms with Crippen LogP contribution in [0, 0.1) is 0 Å². The molecule has 0 fully saturated rings. The van der Waals surface area contributed by atoms with Crippen LogP contribution in [0.15, 0.2) is 6.20 Å². The second-order valence-corrected chi connectivity index (χ2v) is 2.02. The number of alkyl halides is 3. The molecule has 0 spiro atoms. The summed E-state index contributed by atoms with van der Waals surface area (Å²) in [5.74, 6) is -0.935. The summed E-state index contributed by atoms with van der Waals surface area (Å²) in [6.07, 6.45) is -3.98. The molecule has 82 valence electrons. The van der Waals surface area contributed by atoms with E-state index in [9.17, 15) is 13.2 Å². The molecular formula is C5H7Cl2F3N4.